The second kappa shape index (κ2) is 4.11. The monoisotopic (exact) mass is 204 g/mol. The molecule has 2 aliphatic rings. The van der Waals surface area contributed by atoms with Crippen LogP contribution in [0, 0.1) is 5.92 Å². The number of rotatable bonds is 2. The summed E-state index contributed by atoms with van der Waals surface area (Å²) in [6, 6.07) is 0.929. The van der Waals surface area contributed by atoms with Crippen molar-refractivity contribution in [3.05, 3.63) is 0 Å². The van der Waals surface area contributed by atoms with Gasteiger partial charge < -0.3 is 5.32 Å². The molecule has 1 atom stereocenters. The molecule has 1 unspecified atom stereocenters. The lowest BCUT2D eigenvalue weighted by Crippen LogP contribution is -2.57. The first-order chi connectivity index (χ1) is 6.68. The first-order valence-corrected chi connectivity index (χ1v) is 5.43. The molecule has 0 aromatic rings. The van der Waals surface area contributed by atoms with Crippen LogP contribution in [0.25, 0.3) is 0 Å². The van der Waals surface area contributed by atoms with Gasteiger partial charge in [-0.3, -0.25) is 4.90 Å². The van der Waals surface area contributed by atoms with Gasteiger partial charge in [-0.05, 0) is 19.8 Å². The van der Waals surface area contributed by atoms with Crippen molar-refractivity contribution in [2.75, 3.05) is 19.6 Å². The molecule has 2 nitrogen and oxygen atoms in total. The fourth-order valence-corrected chi connectivity index (χ4v) is 2.51. The van der Waals surface area contributed by atoms with Gasteiger partial charge in [-0.15, -0.1) is 0 Å². The SMILES string of the molecule is CC1CNCCN1C1CC(C(F)F)C1. The van der Waals surface area contributed by atoms with Crippen LogP contribution in [0.5, 0.6) is 0 Å². The van der Waals surface area contributed by atoms with Gasteiger partial charge in [0.25, 0.3) is 0 Å². The maximum Gasteiger partial charge on any atom is 0.241 e. The van der Waals surface area contributed by atoms with Crippen molar-refractivity contribution in [2.45, 2.75) is 38.3 Å². The smallest absolute Gasteiger partial charge is 0.241 e. The Balaban J connectivity index is 1.80. The first kappa shape index (κ1) is 10.3. The summed E-state index contributed by atoms with van der Waals surface area (Å²) in [4.78, 5) is 2.38. The summed E-state index contributed by atoms with van der Waals surface area (Å²) in [5, 5.41) is 3.31. The second-order valence-electron chi connectivity index (χ2n) is 4.51. The average Bonchev–Trinajstić information content (AvgIpc) is 2.05. The van der Waals surface area contributed by atoms with E-state index >= 15 is 0 Å². The van der Waals surface area contributed by atoms with Crippen LogP contribution in [-0.2, 0) is 0 Å². The molecule has 0 aromatic heterocycles. The summed E-state index contributed by atoms with van der Waals surface area (Å²) in [5.41, 5.74) is 0. The Hall–Kier alpha value is -0.220. The Bertz CT molecular complexity index is 193. The molecule has 0 radical (unpaired) electrons. The molecule has 0 spiro atoms. The van der Waals surface area contributed by atoms with E-state index in [4.69, 9.17) is 0 Å². The minimum Gasteiger partial charge on any atom is -0.314 e. The van der Waals surface area contributed by atoms with E-state index in [1.54, 1.807) is 0 Å². The molecule has 2 rings (SSSR count). The molecule has 1 saturated heterocycles. The van der Waals surface area contributed by atoms with Gasteiger partial charge in [0.05, 0.1) is 0 Å². The van der Waals surface area contributed by atoms with Crippen LogP contribution in [0.4, 0.5) is 8.78 Å². The normalized spacial score (nSPS) is 39.9. The molecule has 0 amide bonds. The molecule has 82 valence electrons. The highest BCUT2D eigenvalue weighted by molar-refractivity contribution is 4.92. The minimum absolute atomic E-state index is 0.331. The molecular formula is C10H18F2N2. The number of nitrogens with zero attached hydrogens (tertiary/aromatic N) is 1. The van der Waals surface area contributed by atoms with Crippen LogP contribution < -0.4 is 5.32 Å². The van der Waals surface area contributed by atoms with E-state index in [1.165, 1.54) is 0 Å². The van der Waals surface area contributed by atoms with Gasteiger partial charge in [-0.2, -0.15) is 0 Å². The van der Waals surface area contributed by atoms with Crippen LogP contribution >= 0.6 is 0 Å². The van der Waals surface area contributed by atoms with Gasteiger partial charge in [0.1, 0.15) is 0 Å². The largest absolute Gasteiger partial charge is 0.314 e. The van der Waals surface area contributed by atoms with Crippen LogP contribution in [0.2, 0.25) is 0 Å². The molecule has 14 heavy (non-hydrogen) atoms. The molecule has 0 bridgehead atoms. The van der Waals surface area contributed by atoms with E-state index in [0.717, 1.165) is 19.6 Å². The maximum absolute atomic E-state index is 12.3. The Morgan fingerprint density at radius 3 is 2.64 bits per heavy atom. The fourth-order valence-electron chi connectivity index (χ4n) is 2.51. The molecule has 1 aliphatic heterocycles. The molecular weight excluding hydrogens is 186 g/mol. The van der Waals surface area contributed by atoms with Crippen LogP contribution in [0.1, 0.15) is 19.8 Å². The highest BCUT2D eigenvalue weighted by Gasteiger charge is 2.40. The van der Waals surface area contributed by atoms with Crippen LogP contribution in [0.15, 0.2) is 0 Å². The molecule has 4 heteroatoms. The number of alkyl halides is 2. The number of piperazine rings is 1. The third-order valence-electron chi connectivity index (χ3n) is 3.53. The summed E-state index contributed by atoms with van der Waals surface area (Å²) in [5.74, 6) is -0.331. The number of halogens is 2. The van der Waals surface area contributed by atoms with Crippen molar-refractivity contribution >= 4 is 0 Å². The standard InChI is InChI=1S/C10H18F2N2/c1-7-6-13-2-3-14(7)9-4-8(5-9)10(11)12/h7-10,13H,2-6H2,1H3. The van der Waals surface area contributed by atoms with Gasteiger partial charge in [0.2, 0.25) is 6.43 Å². The number of hydrogen-bond acceptors (Lipinski definition) is 2. The van der Waals surface area contributed by atoms with E-state index in [9.17, 15) is 8.78 Å². The number of nitrogens with one attached hydrogen (secondary N) is 1. The lowest BCUT2D eigenvalue weighted by atomic mass is 9.79. The quantitative estimate of drug-likeness (QED) is 0.730. The van der Waals surface area contributed by atoms with Crippen LogP contribution in [-0.4, -0.2) is 43.0 Å². The summed E-state index contributed by atoms with van der Waals surface area (Å²) in [7, 11) is 0. The van der Waals surface area contributed by atoms with E-state index < -0.39 is 6.43 Å². The minimum atomic E-state index is -2.11. The highest BCUT2D eigenvalue weighted by Crippen LogP contribution is 2.36. The van der Waals surface area contributed by atoms with Gasteiger partial charge in [-0.25, -0.2) is 8.78 Å². The molecule has 0 aromatic carbocycles. The third kappa shape index (κ3) is 1.91. The van der Waals surface area contributed by atoms with Crippen molar-refractivity contribution < 1.29 is 8.78 Å². The maximum atomic E-state index is 12.3. The third-order valence-corrected chi connectivity index (χ3v) is 3.53. The Kier molecular flexibility index (Phi) is 3.02. The molecule has 2 fully saturated rings. The van der Waals surface area contributed by atoms with E-state index in [1.807, 2.05) is 0 Å². The Labute approximate surface area is 83.7 Å². The van der Waals surface area contributed by atoms with Gasteiger partial charge in [0.15, 0.2) is 0 Å². The fraction of sp³-hybridized carbons (Fsp3) is 1.00. The molecule has 1 saturated carbocycles. The van der Waals surface area contributed by atoms with Gasteiger partial charge >= 0.3 is 0 Å². The van der Waals surface area contributed by atoms with Crippen molar-refractivity contribution in [1.29, 1.82) is 0 Å². The Morgan fingerprint density at radius 2 is 2.07 bits per heavy atom. The van der Waals surface area contributed by atoms with E-state index in [2.05, 4.69) is 17.1 Å². The zero-order chi connectivity index (χ0) is 10.1. The Morgan fingerprint density at radius 1 is 1.36 bits per heavy atom. The van der Waals surface area contributed by atoms with Gasteiger partial charge in [0, 0.05) is 37.6 Å². The topological polar surface area (TPSA) is 15.3 Å². The van der Waals surface area contributed by atoms with Crippen molar-refractivity contribution in [1.82, 2.24) is 10.2 Å². The van der Waals surface area contributed by atoms with Gasteiger partial charge in [-0.1, -0.05) is 0 Å². The highest BCUT2D eigenvalue weighted by atomic mass is 19.3. The average molecular weight is 204 g/mol. The number of hydrogen-bond donors (Lipinski definition) is 1. The zero-order valence-corrected chi connectivity index (χ0v) is 8.55. The lowest BCUT2D eigenvalue weighted by Gasteiger charge is -2.47. The van der Waals surface area contributed by atoms with Crippen molar-refractivity contribution in [3.63, 3.8) is 0 Å². The zero-order valence-electron chi connectivity index (χ0n) is 8.55. The summed E-state index contributed by atoms with van der Waals surface area (Å²) in [6.45, 7) is 5.18. The van der Waals surface area contributed by atoms with Crippen LogP contribution in [0.3, 0.4) is 0 Å². The van der Waals surface area contributed by atoms with Crippen molar-refractivity contribution in [2.24, 2.45) is 5.92 Å². The second-order valence-corrected chi connectivity index (χ2v) is 4.51. The van der Waals surface area contributed by atoms with E-state index in [0.29, 0.717) is 24.9 Å². The lowest BCUT2D eigenvalue weighted by molar-refractivity contribution is -0.0382. The molecule has 1 aliphatic carbocycles. The predicted octanol–water partition coefficient (Wildman–Crippen LogP) is 1.32. The van der Waals surface area contributed by atoms with Crippen molar-refractivity contribution in [3.8, 4) is 0 Å². The first-order valence-electron chi connectivity index (χ1n) is 5.43. The summed E-state index contributed by atoms with van der Waals surface area (Å²) in [6.07, 6.45) is -0.714. The predicted molar refractivity (Wildman–Crippen MR) is 51.6 cm³/mol. The molecule has 1 N–H and O–H groups in total. The summed E-state index contributed by atoms with van der Waals surface area (Å²) >= 11 is 0. The van der Waals surface area contributed by atoms with E-state index in [-0.39, 0.29) is 5.92 Å². The molecule has 1 heterocycles. The summed E-state index contributed by atoms with van der Waals surface area (Å²) < 4.78 is 24.6.